The van der Waals surface area contributed by atoms with Crippen LogP contribution in [0.2, 0.25) is 0 Å². The van der Waals surface area contributed by atoms with Crippen LogP contribution in [0.25, 0.3) is 0 Å². The number of primary amides is 1. The smallest absolute Gasteiger partial charge is 0.326 e. The van der Waals surface area contributed by atoms with Gasteiger partial charge in [0.1, 0.15) is 12.2 Å². The van der Waals surface area contributed by atoms with Crippen molar-refractivity contribution >= 4 is 23.4 Å². The fraction of sp³-hybridized carbons (Fsp3) is 0.0714. The van der Waals surface area contributed by atoms with Gasteiger partial charge in [-0.2, -0.15) is 0 Å². The predicted molar refractivity (Wildman–Crippen MR) is 72.6 cm³/mol. The van der Waals surface area contributed by atoms with Gasteiger partial charge < -0.3 is 5.73 Å². The van der Waals surface area contributed by atoms with E-state index in [0.717, 1.165) is 4.90 Å². The minimum atomic E-state index is -1.10. The molecule has 0 spiro atoms. The van der Waals surface area contributed by atoms with Crippen LogP contribution in [0, 0.1) is 0 Å². The maximum Gasteiger partial charge on any atom is 0.326 e. The molecule has 3 rings (SSSR count). The number of aromatic nitrogens is 2. The molecule has 0 radical (unpaired) electrons. The average Bonchev–Trinajstić information content (AvgIpc) is 2.79. The van der Waals surface area contributed by atoms with E-state index in [9.17, 15) is 14.4 Å². The Morgan fingerprint density at radius 1 is 1.14 bits per heavy atom. The minimum absolute atomic E-state index is 0.206. The van der Waals surface area contributed by atoms with Crippen LogP contribution >= 0.6 is 0 Å². The van der Waals surface area contributed by atoms with Crippen LogP contribution in [0.1, 0.15) is 21.8 Å². The number of hydrogen-bond donors (Lipinski definition) is 1. The van der Waals surface area contributed by atoms with Crippen LogP contribution in [0.15, 0.2) is 43.0 Å². The quantitative estimate of drug-likeness (QED) is 0.649. The van der Waals surface area contributed by atoms with Crippen molar-refractivity contribution in [3.05, 3.63) is 54.1 Å². The van der Waals surface area contributed by atoms with Crippen molar-refractivity contribution in [3.8, 4) is 0 Å². The van der Waals surface area contributed by atoms with Crippen LogP contribution in [-0.4, -0.2) is 27.7 Å². The summed E-state index contributed by atoms with van der Waals surface area (Å²) in [6.07, 6.45) is 3.95. The zero-order valence-corrected chi connectivity index (χ0v) is 10.8. The lowest BCUT2D eigenvalue weighted by molar-refractivity contribution is -0.117. The third kappa shape index (κ3) is 1.95. The Hall–Kier alpha value is -3.09. The molecule has 2 N–H and O–H groups in total. The Morgan fingerprint density at radius 3 is 2.48 bits per heavy atom. The van der Waals surface area contributed by atoms with Gasteiger partial charge in [0.25, 0.3) is 5.91 Å². The molecule has 7 nitrogen and oxygen atoms in total. The van der Waals surface area contributed by atoms with Crippen molar-refractivity contribution in [2.45, 2.75) is 5.92 Å². The predicted octanol–water partition coefficient (Wildman–Crippen LogP) is 0.868. The lowest BCUT2D eigenvalue weighted by atomic mass is 9.93. The molecule has 104 valence electrons. The SMILES string of the molecule is NC(=O)N1C(=O)C(C(=O)c2cncnc2)c2ccccc21. The highest BCUT2D eigenvalue weighted by Gasteiger charge is 2.44. The Kier molecular flexibility index (Phi) is 2.94. The van der Waals surface area contributed by atoms with E-state index in [-0.39, 0.29) is 5.56 Å². The molecule has 2 aromatic rings. The molecule has 1 atom stereocenters. The first-order valence-corrected chi connectivity index (χ1v) is 6.13. The van der Waals surface area contributed by atoms with E-state index in [1.807, 2.05) is 0 Å². The third-order valence-corrected chi connectivity index (χ3v) is 3.28. The number of para-hydroxylation sites is 1. The molecule has 0 bridgehead atoms. The highest BCUT2D eigenvalue weighted by molar-refractivity contribution is 6.29. The number of urea groups is 1. The van der Waals surface area contributed by atoms with Crippen molar-refractivity contribution in [2.75, 3.05) is 4.90 Å². The number of nitrogens with two attached hydrogens (primary N) is 1. The molecule has 21 heavy (non-hydrogen) atoms. The molecule has 1 aliphatic rings. The number of amides is 3. The summed E-state index contributed by atoms with van der Waals surface area (Å²) >= 11 is 0. The van der Waals surface area contributed by atoms with Gasteiger partial charge in [-0.15, -0.1) is 0 Å². The molecule has 0 aliphatic carbocycles. The van der Waals surface area contributed by atoms with Gasteiger partial charge in [0.05, 0.1) is 11.3 Å². The number of ketones is 1. The second-order valence-corrected chi connectivity index (χ2v) is 4.50. The summed E-state index contributed by atoms with van der Waals surface area (Å²) in [6, 6.07) is 5.65. The molecule has 0 saturated carbocycles. The Morgan fingerprint density at radius 2 is 1.81 bits per heavy atom. The van der Waals surface area contributed by atoms with E-state index in [1.165, 1.54) is 18.7 Å². The van der Waals surface area contributed by atoms with Crippen LogP contribution in [-0.2, 0) is 4.79 Å². The molecule has 3 amide bonds. The van der Waals surface area contributed by atoms with Gasteiger partial charge >= 0.3 is 6.03 Å². The number of carbonyl (C=O) groups is 3. The average molecular weight is 282 g/mol. The number of imide groups is 1. The number of hydrogen-bond acceptors (Lipinski definition) is 5. The number of rotatable bonds is 2. The Balaban J connectivity index is 2.10. The Labute approximate surface area is 119 Å². The summed E-state index contributed by atoms with van der Waals surface area (Å²) < 4.78 is 0. The van der Waals surface area contributed by atoms with Crippen LogP contribution < -0.4 is 10.6 Å². The molecule has 1 aromatic heterocycles. The first-order chi connectivity index (χ1) is 10.1. The van der Waals surface area contributed by atoms with Gasteiger partial charge in [-0.25, -0.2) is 19.7 Å². The van der Waals surface area contributed by atoms with Crippen molar-refractivity contribution in [1.29, 1.82) is 0 Å². The number of nitrogens with zero attached hydrogens (tertiary/aromatic N) is 3. The van der Waals surface area contributed by atoms with E-state index >= 15 is 0 Å². The number of fused-ring (bicyclic) bond motifs is 1. The summed E-state index contributed by atoms with van der Waals surface area (Å²) in [5.41, 5.74) is 6.23. The summed E-state index contributed by atoms with van der Waals surface area (Å²) in [7, 11) is 0. The van der Waals surface area contributed by atoms with Gasteiger partial charge in [-0.05, 0) is 11.6 Å². The van der Waals surface area contributed by atoms with Gasteiger partial charge in [-0.1, -0.05) is 18.2 Å². The number of benzene rings is 1. The largest absolute Gasteiger partial charge is 0.351 e. The summed E-state index contributed by atoms with van der Waals surface area (Å²) in [5, 5.41) is 0. The van der Waals surface area contributed by atoms with Crippen molar-refractivity contribution in [3.63, 3.8) is 0 Å². The minimum Gasteiger partial charge on any atom is -0.351 e. The topological polar surface area (TPSA) is 106 Å². The lowest BCUT2D eigenvalue weighted by Crippen LogP contribution is -2.40. The maximum absolute atomic E-state index is 12.5. The second kappa shape index (κ2) is 4.78. The molecule has 0 saturated heterocycles. The molecule has 7 heteroatoms. The van der Waals surface area contributed by atoms with Crippen LogP contribution in [0.3, 0.4) is 0 Å². The highest BCUT2D eigenvalue weighted by atomic mass is 16.2. The van der Waals surface area contributed by atoms with Crippen molar-refractivity contribution < 1.29 is 14.4 Å². The standard InChI is InChI=1S/C14H10N4O3/c15-14(21)18-10-4-2-1-3-9(10)11(13(18)20)12(19)8-5-16-7-17-6-8/h1-7,11H,(H2,15,21). The second-order valence-electron chi connectivity index (χ2n) is 4.50. The lowest BCUT2D eigenvalue weighted by Gasteiger charge is -2.12. The molecule has 2 heterocycles. The van der Waals surface area contributed by atoms with E-state index in [1.54, 1.807) is 24.3 Å². The fourth-order valence-electron chi connectivity index (χ4n) is 2.39. The summed E-state index contributed by atoms with van der Waals surface area (Å²) in [6.45, 7) is 0. The maximum atomic E-state index is 12.5. The van der Waals surface area contributed by atoms with Gasteiger partial charge in [0.2, 0.25) is 0 Å². The molecule has 1 unspecified atom stereocenters. The monoisotopic (exact) mass is 282 g/mol. The van der Waals surface area contributed by atoms with E-state index < -0.39 is 23.6 Å². The number of Topliss-reactive ketones (excluding diaryl/α,β-unsaturated/α-hetero) is 1. The molecule has 1 aromatic carbocycles. The molecular weight excluding hydrogens is 272 g/mol. The van der Waals surface area contributed by atoms with Crippen LogP contribution in [0.5, 0.6) is 0 Å². The van der Waals surface area contributed by atoms with Gasteiger partial charge in [0, 0.05) is 12.4 Å². The first kappa shape index (κ1) is 12.9. The summed E-state index contributed by atoms with van der Waals surface area (Å²) in [4.78, 5) is 44.7. The van der Waals surface area contributed by atoms with Gasteiger partial charge in [0.15, 0.2) is 5.78 Å². The summed E-state index contributed by atoms with van der Waals surface area (Å²) in [5.74, 6) is -2.21. The molecule has 0 fully saturated rings. The zero-order valence-electron chi connectivity index (χ0n) is 10.8. The van der Waals surface area contributed by atoms with E-state index in [4.69, 9.17) is 5.73 Å². The molecule has 1 aliphatic heterocycles. The van der Waals surface area contributed by atoms with Crippen LogP contribution in [0.4, 0.5) is 10.5 Å². The van der Waals surface area contributed by atoms with E-state index in [0.29, 0.717) is 11.3 Å². The third-order valence-electron chi connectivity index (χ3n) is 3.28. The number of carbonyl (C=O) groups excluding carboxylic acids is 3. The van der Waals surface area contributed by atoms with Crippen molar-refractivity contribution in [2.24, 2.45) is 5.73 Å². The molecular formula is C14H10N4O3. The number of anilines is 1. The zero-order chi connectivity index (χ0) is 15.0. The normalized spacial score (nSPS) is 16.7. The highest BCUT2D eigenvalue weighted by Crippen LogP contribution is 2.38. The van der Waals surface area contributed by atoms with Crippen molar-refractivity contribution in [1.82, 2.24) is 9.97 Å². The fourth-order valence-corrected chi connectivity index (χ4v) is 2.39. The first-order valence-electron chi connectivity index (χ1n) is 6.13. The van der Waals surface area contributed by atoms with E-state index in [2.05, 4.69) is 9.97 Å². The Bertz CT molecular complexity index is 745. The van der Waals surface area contributed by atoms with Gasteiger partial charge in [-0.3, -0.25) is 9.59 Å².